The van der Waals surface area contributed by atoms with E-state index in [0.717, 1.165) is 18.7 Å². The van der Waals surface area contributed by atoms with E-state index in [0.29, 0.717) is 37.3 Å². The highest BCUT2D eigenvalue weighted by atomic mass is 35.5. The third kappa shape index (κ3) is 5.59. The minimum Gasteiger partial charge on any atom is -0.481 e. The first-order valence-electron chi connectivity index (χ1n) is 9.79. The lowest BCUT2D eigenvalue weighted by molar-refractivity contribution is -0.142. The zero-order chi connectivity index (χ0) is 19.2. The number of carbonyl (C=O) groups is 2. The van der Waals surface area contributed by atoms with E-state index < -0.39 is 5.97 Å². The highest BCUT2D eigenvalue weighted by molar-refractivity contribution is 6.30. The van der Waals surface area contributed by atoms with Crippen LogP contribution < -0.4 is 10.6 Å². The van der Waals surface area contributed by atoms with E-state index in [1.54, 1.807) is 0 Å². The Labute approximate surface area is 165 Å². The molecule has 2 aliphatic rings. The molecule has 7 heteroatoms. The Balaban J connectivity index is 1.52. The van der Waals surface area contributed by atoms with Crippen LogP contribution in [-0.2, 0) is 4.79 Å². The standard InChI is InChI=1S/C20H28ClN3O3/c21-16-5-3-4-15(12-16)18(24-10-1-2-11-24)13-22-20(27)23-17-8-6-14(7-9-17)19(25)26/h3-5,12,14,17-18H,1-2,6-11,13H2,(H,25,26)(H2,22,23,27). The minimum atomic E-state index is -0.729. The molecule has 1 aromatic rings. The zero-order valence-electron chi connectivity index (χ0n) is 15.5. The fraction of sp³-hybridized carbons (Fsp3) is 0.600. The summed E-state index contributed by atoms with van der Waals surface area (Å²) in [5, 5.41) is 15.8. The number of carboxylic acid groups (broad SMARTS) is 1. The monoisotopic (exact) mass is 393 g/mol. The summed E-state index contributed by atoms with van der Waals surface area (Å²) in [5.41, 5.74) is 1.12. The van der Waals surface area contributed by atoms with Crippen LogP contribution in [0.2, 0.25) is 5.02 Å². The van der Waals surface area contributed by atoms with Gasteiger partial charge in [0.15, 0.2) is 0 Å². The van der Waals surface area contributed by atoms with Crippen molar-refractivity contribution in [2.24, 2.45) is 5.92 Å². The SMILES string of the molecule is O=C(NCC(c1cccc(Cl)c1)N1CCCC1)NC1CCC(C(=O)O)CC1. The maximum Gasteiger partial charge on any atom is 0.315 e. The molecule has 3 rings (SSSR count). The highest BCUT2D eigenvalue weighted by Gasteiger charge is 2.28. The predicted octanol–water partition coefficient (Wildman–Crippen LogP) is 3.42. The van der Waals surface area contributed by atoms with Crippen molar-refractivity contribution in [1.82, 2.24) is 15.5 Å². The van der Waals surface area contributed by atoms with Crippen molar-refractivity contribution in [2.45, 2.75) is 50.6 Å². The minimum absolute atomic E-state index is 0.0528. The summed E-state index contributed by atoms with van der Waals surface area (Å²) in [6.45, 7) is 2.58. The predicted molar refractivity (Wildman–Crippen MR) is 105 cm³/mol. The van der Waals surface area contributed by atoms with Crippen LogP contribution in [0.3, 0.4) is 0 Å². The van der Waals surface area contributed by atoms with Crippen molar-refractivity contribution >= 4 is 23.6 Å². The van der Waals surface area contributed by atoms with Gasteiger partial charge in [-0.15, -0.1) is 0 Å². The maximum absolute atomic E-state index is 12.4. The van der Waals surface area contributed by atoms with E-state index in [2.05, 4.69) is 21.6 Å². The number of nitrogens with zero attached hydrogens (tertiary/aromatic N) is 1. The van der Waals surface area contributed by atoms with Gasteiger partial charge in [0.25, 0.3) is 0 Å². The number of urea groups is 1. The smallest absolute Gasteiger partial charge is 0.315 e. The molecule has 1 saturated heterocycles. The maximum atomic E-state index is 12.4. The van der Waals surface area contributed by atoms with Crippen LogP contribution >= 0.6 is 11.6 Å². The first-order chi connectivity index (χ1) is 13.0. The first kappa shape index (κ1) is 20.0. The lowest BCUT2D eigenvalue weighted by atomic mass is 9.86. The largest absolute Gasteiger partial charge is 0.481 e. The van der Waals surface area contributed by atoms with Gasteiger partial charge in [0.1, 0.15) is 0 Å². The van der Waals surface area contributed by atoms with Crippen molar-refractivity contribution in [2.75, 3.05) is 19.6 Å². The van der Waals surface area contributed by atoms with Gasteiger partial charge in [-0.1, -0.05) is 23.7 Å². The number of likely N-dealkylation sites (tertiary alicyclic amines) is 1. The molecule has 0 radical (unpaired) electrons. The van der Waals surface area contributed by atoms with Gasteiger partial charge < -0.3 is 15.7 Å². The fourth-order valence-corrected chi connectivity index (χ4v) is 4.33. The number of benzene rings is 1. The van der Waals surface area contributed by atoms with Crippen LogP contribution in [0.1, 0.15) is 50.1 Å². The Morgan fingerprint density at radius 2 is 1.89 bits per heavy atom. The van der Waals surface area contributed by atoms with E-state index in [4.69, 9.17) is 16.7 Å². The van der Waals surface area contributed by atoms with Crippen molar-refractivity contribution in [3.05, 3.63) is 34.9 Å². The topological polar surface area (TPSA) is 81.7 Å². The fourth-order valence-electron chi connectivity index (χ4n) is 4.14. The third-order valence-corrected chi connectivity index (χ3v) is 5.92. The normalized spacial score (nSPS) is 24.3. The lowest BCUT2D eigenvalue weighted by Crippen LogP contribution is -2.46. The molecule has 0 aromatic heterocycles. The molecule has 2 fully saturated rings. The summed E-state index contributed by atoms with van der Waals surface area (Å²) in [6, 6.07) is 7.82. The van der Waals surface area contributed by atoms with Gasteiger partial charge in [-0.2, -0.15) is 0 Å². The third-order valence-electron chi connectivity index (χ3n) is 5.68. The Kier molecular flexibility index (Phi) is 6.96. The number of halogens is 1. The van der Waals surface area contributed by atoms with Gasteiger partial charge in [-0.25, -0.2) is 4.79 Å². The average molecular weight is 394 g/mol. The average Bonchev–Trinajstić information content (AvgIpc) is 3.17. The number of aliphatic carboxylic acids is 1. The Bertz CT molecular complexity index is 656. The molecule has 148 valence electrons. The van der Waals surface area contributed by atoms with E-state index in [1.165, 1.54) is 12.8 Å². The molecule has 0 spiro atoms. The Morgan fingerprint density at radius 3 is 2.52 bits per heavy atom. The molecule has 1 aliphatic heterocycles. The number of carboxylic acids is 1. The quantitative estimate of drug-likeness (QED) is 0.691. The van der Waals surface area contributed by atoms with Gasteiger partial charge in [-0.3, -0.25) is 9.69 Å². The number of rotatable bonds is 6. The first-order valence-corrected chi connectivity index (χ1v) is 10.2. The second-order valence-electron chi connectivity index (χ2n) is 7.56. The number of hydrogen-bond acceptors (Lipinski definition) is 3. The summed E-state index contributed by atoms with van der Waals surface area (Å²) in [6.07, 6.45) is 5.03. The molecular weight excluding hydrogens is 366 g/mol. The van der Waals surface area contributed by atoms with Crippen molar-refractivity contribution in [3.63, 3.8) is 0 Å². The lowest BCUT2D eigenvalue weighted by Gasteiger charge is -2.30. The molecule has 1 unspecified atom stereocenters. The van der Waals surface area contributed by atoms with Crippen LogP contribution in [0.25, 0.3) is 0 Å². The summed E-state index contributed by atoms with van der Waals surface area (Å²) >= 11 is 6.16. The number of nitrogens with one attached hydrogen (secondary N) is 2. The van der Waals surface area contributed by atoms with E-state index in [9.17, 15) is 9.59 Å². The van der Waals surface area contributed by atoms with Gasteiger partial charge in [0.2, 0.25) is 0 Å². The second-order valence-corrected chi connectivity index (χ2v) is 7.99. The summed E-state index contributed by atoms with van der Waals surface area (Å²) in [7, 11) is 0. The van der Waals surface area contributed by atoms with Gasteiger partial charge in [0, 0.05) is 17.6 Å². The van der Waals surface area contributed by atoms with Crippen LogP contribution in [0.15, 0.2) is 24.3 Å². The second kappa shape index (κ2) is 9.42. The van der Waals surface area contributed by atoms with Crippen LogP contribution in [0.4, 0.5) is 4.79 Å². The summed E-state index contributed by atoms with van der Waals surface area (Å²) < 4.78 is 0. The molecule has 1 aromatic carbocycles. The van der Waals surface area contributed by atoms with Crippen LogP contribution in [0, 0.1) is 5.92 Å². The molecule has 27 heavy (non-hydrogen) atoms. The van der Waals surface area contributed by atoms with Gasteiger partial charge in [0.05, 0.1) is 12.0 Å². The molecule has 1 saturated carbocycles. The molecule has 1 atom stereocenters. The molecule has 0 bridgehead atoms. The van der Waals surface area contributed by atoms with Crippen LogP contribution in [-0.4, -0.2) is 47.7 Å². The van der Waals surface area contributed by atoms with Crippen molar-refractivity contribution < 1.29 is 14.7 Å². The Hall–Kier alpha value is -1.79. The number of carbonyl (C=O) groups excluding carboxylic acids is 1. The van der Waals surface area contributed by atoms with E-state index >= 15 is 0 Å². The van der Waals surface area contributed by atoms with Crippen LogP contribution in [0.5, 0.6) is 0 Å². The van der Waals surface area contributed by atoms with Gasteiger partial charge in [-0.05, 0) is 69.3 Å². The molecule has 1 aliphatic carbocycles. The van der Waals surface area contributed by atoms with Crippen molar-refractivity contribution in [1.29, 1.82) is 0 Å². The zero-order valence-corrected chi connectivity index (χ0v) is 16.3. The molecular formula is C20H28ClN3O3. The van der Waals surface area contributed by atoms with E-state index in [-0.39, 0.29) is 24.0 Å². The van der Waals surface area contributed by atoms with E-state index in [1.807, 2.05) is 18.2 Å². The van der Waals surface area contributed by atoms with Gasteiger partial charge >= 0.3 is 12.0 Å². The molecule has 2 amide bonds. The molecule has 6 nitrogen and oxygen atoms in total. The summed E-state index contributed by atoms with van der Waals surface area (Å²) in [5.74, 6) is -0.999. The van der Waals surface area contributed by atoms with Crippen molar-refractivity contribution in [3.8, 4) is 0 Å². The summed E-state index contributed by atoms with van der Waals surface area (Å²) in [4.78, 5) is 25.8. The molecule has 1 heterocycles. The number of hydrogen-bond donors (Lipinski definition) is 3. The Morgan fingerprint density at radius 1 is 1.19 bits per heavy atom. The number of amides is 2. The highest BCUT2D eigenvalue weighted by Crippen LogP contribution is 2.27. The molecule has 3 N–H and O–H groups in total.